The van der Waals surface area contributed by atoms with E-state index in [-0.39, 0.29) is 40.8 Å². The second kappa shape index (κ2) is 9.25. The fourth-order valence-corrected chi connectivity index (χ4v) is 5.29. The number of nitrogens with one attached hydrogen (secondary N) is 1. The normalized spacial score (nSPS) is 17.8. The minimum absolute atomic E-state index is 0.0326. The fraction of sp³-hybridized carbons (Fsp3) is 0.522. The molecular weight excluding hydrogens is 432 g/mol. The molecule has 1 aliphatic heterocycles. The SMILES string of the molecule is CC[C@@H](C)NC(=O)CN1C(=O)CS[C@H](c2ccccc2Cl)c2c(C(C)(C)C)nn(C)c21. The summed E-state index contributed by atoms with van der Waals surface area (Å²) in [6.07, 6.45) is 0.829. The maximum Gasteiger partial charge on any atom is 0.240 e. The summed E-state index contributed by atoms with van der Waals surface area (Å²) in [7, 11) is 1.83. The number of fused-ring (bicyclic) bond motifs is 1. The van der Waals surface area contributed by atoms with Crippen LogP contribution < -0.4 is 10.2 Å². The van der Waals surface area contributed by atoms with E-state index in [0.29, 0.717) is 10.8 Å². The fourth-order valence-electron chi connectivity index (χ4n) is 3.74. The molecular formula is C23H31ClN4O2S. The molecule has 0 saturated heterocycles. The van der Waals surface area contributed by atoms with Crippen LogP contribution in [0.15, 0.2) is 24.3 Å². The highest BCUT2D eigenvalue weighted by atomic mass is 35.5. The van der Waals surface area contributed by atoms with Crippen LogP contribution in [0.5, 0.6) is 0 Å². The predicted octanol–water partition coefficient (Wildman–Crippen LogP) is 4.45. The molecule has 0 saturated carbocycles. The van der Waals surface area contributed by atoms with E-state index in [4.69, 9.17) is 16.7 Å². The van der Waals surface area contributed by atoms with Crippen LogP contribution in [0, 0.1) is 0 Å². The van der Waals surface area contributed by atoms with Crippen molar-refractivity contribution in [2.75, 3.05) is 17.2 Å². The molecule has 1 aromatic heterocycles. The van der Waals surface area contributed by atoms with E-state index < -0.39 is 0 Å². The molecule has 2 amide bonds. The summed E-state index contributed by atoms with van der Waals surface area (Å²) >= 11 is 8.11. The van der Waals surface area contributed by atoms with Crippen LogP contribution >= 0.6 is 23.4 Å². The number of halogens is 1. The average molecular weight is 463 g/mol. The van der Waals surface area contributed by atoms with Crippen LogP contribution in [-0.4, -0.2) is 39.9 Å². The Kier molecular flexibility index (Phi) is 7.06. The minimum Gasteiger partial charge on any atom is -0.352 e. The Labute approximate surface area is 193 Å². The average Bonchev–Trinajstić information content (AvgIpc) is 2.97. The van der Waals surface area contributed by atoms with E-state index in [1.54, 1.807) is 9.58 Å². The van der Waals surface area contributed by atoms with Crippen LogP contribution in [0.4, 0.5) is 5.82 Å². The summed E-state index contributed by atoms with van der Waals surface area (Å²) in [6, 6.07) is 7.78. The lowest BCUT2D eigenvalue weighted by atomic mass is 9.87. The molecule has 2 heterocycles. The van der Waals surface area contributed by atoms with E-state index in [1.807, 2.05) is 45.2 Å². The maximum absolute atomic E-state index is 13.2. The zero-order valence-corrected chi connectivity index (χ0v) is 20.6. The molecule has 1 aliphatic rings. The van der Waals surface area contributed by atoms with Crippen LogP contribution in [0.2, 0.25) is 5.02 Å². The van der Waals surface area contributed by atoms with Crippen molar-refractivity contribution >= 4 is 41.0 Å². The number of aryl methyl sites for hydroxylation is 1. The standard InChI is InChI=1S/C23H31ClN4O2S/c1-7-14(2)25-17(29)12-28-18(30)13-31-20(15-10-8-9-11-16(15)24)19-21(23(3,4)5)26-27(6)22(19)28/h8-11,14,20H,7,12-13H2,1-6H3,(H,25,29)/t14-,20-/m1/s1. The van der Waals surface area contributed by atoms with Crippen molar-refractivity contribution in [3.05, 3.63) is 46.1 Å². The first kappa shape index (κ1) is 23.7. The van der Waals surface area contributed by atoms with Gasteiger partial charge in [-0.15, -0.1) is 11.8 Å². The Hall–Kier alpha value is -1.99. The van der Waals surface area contributed by atoms with Gasteiger partial charge in [0.15, 0.2) is 0 Å². The Morgan fingerprint density at radius 1 is 1.35 bits per heavy atom. The van der Waals surface area contributed by atoms with E-state index >= 15 is 0 Å². The van der Waals surface area contributed by atoms with E-state index in [0.717, 1.165) is 23.2 Å². The van der Waals surface area contributed by atoms with Gasteiger partial charge in [-0.3, -0.25) is 19.2 Å². The number of rotatable bonds is 5. The number of thioether (sulfide) groups is 1. The Morgan fingerprint density at radius 3 is 2.65 bits per heavy atom. The summed E-state index contributed by atoms with van der Waals surface area (Å²) < 4.78 is 1.74. The Balaban J connectivity index is 2.16. The molecule has 2 atom stereocenters. The molecule has 0 spiro atoms. The molecule has 2 aromatic rings. The van der Waals surface area contributed by atoms with Crippen LogP contribution in [0.1, 0.15) is 63.1 Å². The van der Waals surface area contributed by atoms with Crippen molar-refractivity contribution in [3.63, 3.8) is 0 Å². The summed E-state index contributed by atoms with van der Waals surface area (Å²) in [5.74, 6) is 0.645. The molecule has 8 heteroatoms. The van der Waals surface area contributed by atoms with E-state index in [1.165, 1.54) is 11.8 Å². The van der Waals surface area contributed by atoms with Crippen LogP contribution in [0.3, 0.4) is 0 Å². The van der Waals surface area contributed by atoms with Crippen molar-refractivity contribution in [2.24, 2.45) is 7.05 Å². The lowest BCUT2D eigenvalue weighted by molar-refractivity contribution is -0.123. The zero-order valence-electron chi connectivity index (χ0n) is 19.0. The number of hydrogen-bond acceptors (Lipinski definition) is 4. The highest BCUT2D eigenvalue weighted by molar-refractivity contribution is 8.00. The molecule has 31 heavy (non-hydrogen) atoms. The van der Waals surface area contributed by atoms with Gasteiger partial charge in [0.2, 0.25) is 11.8 Å². The van der Waals surface area contributed by atoms with Crippen molar-refractivity contribution in [1.29, 1.82) is 0 Å². The summed E-state index contributed by atoms with van der Waals surface area (Å²) in [6.45, 7) is 10.3. The monoisotopic (exact) mass is 462 g/mol. The molecule has 0 bridgehead atoms. The third-order valence-corrected chi connectivity index (χ3v) is 7.05. The first-order valence-electron chi connectivity index (χ1n) is 10.6. The van der Waals surface area contributed by atoms with Crippen molar-refractivity contribution < 1.29 is 9.59 Å². The first-order chi connectivity index (χ1) is 14.5. The second-order valence-corrected chi connectivity index (χ2v) is 10.5. The lowest BCUT2D eigenvalue weighted by Gasteiger charge is -2.25. The first-order valence-corrected chi connectivity index (χ1v) is 12.0. The Bertz CT molecular complexity index is 982. The van der Waals surface area contributed by atoms with Crippen LogP contribution in [0.25, 0.3) is 0 Å². The third kappa shape index (κ3) is 4.93. The largest absolute Gasteiger partial charge is 0.352 e. The minimum atomic E-state index is -0.247. The van der Waals surface area contributed by atoms with Gasteiger partial charge in [0, 0.05) is 29.1 Å². The number of anilines is 1. The second-order valence-electron chi connectivity index (χ2n) is 9.03. The molecule has 3 rings (SSSR count). The molecule has 1 aromatic carbocycles. The van der Waals surface area contributed by atoms with Gasteiger partial charge in [-0.05, 0) is 25.0 Å². The van der Waals surface area contributed by atoms with Gasteiger partial charge in [-0.1, -0.05) is 57.5 Å². The number of amides is 2. The van der Waals surface area contributed by atoms with E-state index in [9.17, 15) is 9.59 Å². The van der Waals surface area contributed by atoms with Crippen molar-refractivity contribution in [1.82, 2.24) is 15.1 Å². The number of aromatic nitrogens is 2. The quantitative estimate of drug-likeness (QED) is 0.712. The summed E-state index contributed by atoms with van der Waals surface area (Å²) in [5, 5.41) is 8.28. The van der Waals surface area contributed by atoms with Gasteiger partial charge in [0.05, 0.1) is 16.7 Å². The zero-order chi connectivity index (χ0) is 22.9. The molecule has 168 valence electrons. The highest BCUT2D eigenvalue weighted by Gasteiger charge is 2.39. The van der Waals surface area contributed by atoms with Gasteiger partial charge in [0.25, 0.3) is 0 Å². The highest BCUT2D eigenvalue weighted by Crippen LogP contribution is 2.48. The summed E-state index contributed by atoms with van der Waals surface area (Å²) in [4.78, 5) is 27.5. The van der Waals surface area contributed by atoms with Crippen LogP contribution in [-0.2, 0) is 22.1 Å². The third-order valence-electron chi connectivity index (χ3n) is 5.46. The number of carbonyl (C=O) groups is 2. The van der Waals surface area contributed by atoms with Crippen molar-refractivity contribution in [3.8, 4) is 0 Å². The molecule has 0 radical (unpaired) electrons. The van der Waals surface area contributed by atoms with Gasteiger partial charge in [-0.25, -0.2) is 0 Å². The summed E-state index contributed by atoms with van der Waals surface area (Å²) in [5.41, 5.74) is 2.57. The molecule has 0 fully saturated rings. The van der Waals surface area contributed by atoms with Gasteiger partial charge in [0.1, 0.15) is 12.4 Å². The van der Waals surface area contributed by atoms with Gasteiger partial charge in [-0.2, -0.15) is 5.10 Å². The molecule has 0 unspecified atom stereocenters. The molecule has 0 aliphatic carbocycles. The predicted molar refractivity (Wildman–Crippen MR) is 128 cm³/mol. The van der Waals surface area contributed by atoms with Gasteiger partial charge < -0.3 is 5.32 Å². The number of hydrogen-bond donors (Lipinski definition) is 1. The number of nitrogens with zero attached hydrogens (tertiary/aromatic N) is 3. The maximum atomic E-state index is 13.2. The van der Waals surface area contributed by atoms with Gasteiger partial charge >= 0.3 is 0 Å². The molecule has 6 nitrogen and oxygen atoms in total. The smallest absolute Gasteiger partial charge is 0.240 e. The van der Waals surface area contributed by atoms with Crippen molar-refractivity contribution in [2.45, 2.75) is 57.7 Å². The number of carbonyl (C=O) groups excluding carboxylic acids is 2. The topological polar surface area (TPSA) is 67.2 Å². The Morgan fingerprint density at radius 2 is 2.03 bits per heavy atom. The van der Waals surface area contributed by atoms with E-state index in [2.05, 4.69) is 26.1 Å². The molecule has 1 N–H and O–H groups in total. The number of benzene rings is 1. The lowest BCUT2D eigenvalue weighted by Crippen LogP contribution is -2.44.